The average Bonchev–Trinajstić information content (AvgIpc) is 2.27. The van der Waals surface area contributed by atoms with Gasteiger partial charge in [0.15, 0.2) is 5.78 Å². The van der Waals surface area contributed by atoms with Gasteiger partial charge in [-0.15, -0.1) is 0 Å². The third-order valence-electron chi connectivity index (χ3n) is 3.26. The van der Waals surface area contributed by atoms with Crippen LogP contribution in [0, 0.1) is 5.41 Å². The zero-order valence-electron chi connectivity index (χ0n) is 12.2. The maximum atomic E-state index is 12.1. The molecule has 0 heterocycles. The summed E-state index contributed by atoms with van der Waals surface area (Å²) in [5.41, 5.74) is 7.69. The van der Waals surface area contributed by atoms with Crippen LogP contribution in [0.3, 0.4) is 0 Å². The molecule has 0 aliphatic carbocycles. The highest BCUT2D eigenvalue weighted by atomic mass is 16.1. The van der Waals surface area contributed by atoms with Crippen molar-refractivity contribution in [2.75, 3.05) is 6.54 Å². The smallest absolute Gasteiger partial charge is 0.163 e. The van der Waals surface area contributed by atoms with Gasteiger partial charge in [0.25, 0.3) is 0 Å². The van der Waals surface area contributed by atoms with Crippen molar-refractivity contribution < 1.29 is 4.79 Å². The first kappa shape index (κ1) is 14.9. The van der Waals surface area contributed by atoms with Crippen LogP contribution in [-0.4, -0.2) is 12.3 Å². The van der Waals surface area contributed by atoms with E-state index < -0.39 is 0 Å². The molecule has 0 spiro atoms. The Morgan fingerprint density at radius 2 is 1.56 bits per heavy atom. The van der Waals surface area contributed by atoms with Crippen LogP contribution in [0.25, 0.3) is 0 Å². The second-order valence-corrected chi connectivity index (χ2v) is 6.80. The van der Waals surface area contributed by atoms with Gasteiger partial charge in [-0.3, -0.25) is 4.79 Å². The lowest BCUT2D eigenvalue weighted by Crippen LogP contribution is -2.26. The molecule has 0 aliphatic rings. The van der Waals surface area contributed by atoms with Crippen molar-refractivity contribution >= 4 is 5.78 Å². The van der Waals surface area contributed by atoms with Gasteiger partial charge >= 0.3 is 0 Å². The summed E-state index contributed by atoms with van der Waals surface area (Å²) in [6.07, 6.45) is 0.498. The number of carbonyl (C=O) groups excluding carboxylic acids is 1. The summed E-state index contributed by atoms with van der Waals surface area (Å²) in [4.78, 5) is 12.1. The van der Waals surface area contributed by atoms with Gasteiger partial charge in [-0.25, -0.2) is 0 Å². The van der Waals surface area contributed by atoms with Crippen LogP contribution in [0.5, 0.6) is 0 Å². The highest BCUT2D eigenvalue weighted by molar-refractivity contribution is 5.96. The Morgan fingerprint density at radius 1 is 1.06 bits per heavy atom. The molecule has 0 saturated carbocycles. The Hall–Kier alpha value is -1.15. The number of Topliss-reactive ketones (excluding diaryl/α,β-unsaturated/α-hetero) is 1. The zero-order valence-corrected chi connectivity index (χ0v) is 12.2. The first-order valence-electron chi connectivity index (χ1n) is 6.49. The van der Waals surface area contributed by atoms with Crippen LogP contribution in [0.4, 0.5) is 0 Å². The molecule has 1 aromatic rings. The first-order chi connectivity index (χ1) is 8.15. The fourth-order valence-corrected chi connectivity index (χ4v) is 1.76. The van der Waals surface area contributed by atoms with Crippen molar-refractivity contribution in [2.24, 2.45) is 11.1 Å². The van der Waals surface area contributed by atoms with Crippen molar-refractivity contribution in [3.8, 4) is 0 Å². The van der Waals surface area contributed by atoms with Crippen LogP contribution in [0.15, 0.2) is 24.3 Å². The number of hydrogen-bond donors (Lipinski definition) is 1. The van der Waals surface area contributed by atoms with Crippen molar-refractivity contribution in [3.05, 3.63) is 35.4 Å². The maximum Gasteiger partial charge on any atom is 0.163 e. The van der Waals surface area contributed by atoms with Gasteiger partial charge in [-0.05, 0) is 22.9 Å². The molecule has 2 heteroatoms. The molecule has 0 radical (unpaired) electrons. The number of benzene rings is 1. The normalized spacial score (nSPS) is 12.6. The van der Waals surface area contributed by atoms with E-state index in [1.807, 2.05) is 38.1 Å². The summed E-state index contributed by atoms with van der Waals surface area (Å²) in [6, 6.07) is 7.94. The minimum Gasteiger partial charge on any atom is -0.330 e. The lowest BCUT2D eigenvalue weighted by atomic mass is 9.84. The number of ketones is 1. The predicted octanol–water partition coefficient (Wildman–Crippen LogP) is 3.54. The van der Waals surface area contributed by atoms with Crippen molar-refractivity contribution in [1.29, 1.82) is 0 Å². The van der Waals surface area contributed by atoms with E-state index in [1.54, 1.807) is 0 Å². The molecular weight excluding hydrogens is 222 g/mol. The molecule has 2 N–H and O–H groups in total. The van der Waals surface area contributed by atoms with Crippen molar-refractivity contribution in [1.82, 2.24) is 0 Å². The summed E-state index contributed by atoms with van der Waals surface area (Å²) >= 11 is 0. The Morgan fingerprint density at radius 3 is 1.94 bits per heavy atom. The van der Waals surface area contributed by atoms with E-state index in [0.29, 0.717) is 13.0 Å². The monoisotopic (exact) mass is 247 g/mol. The maximum absolute atomic E-state index is 12.1. The summed E-state index contributed by atoms with van der Waals surface area (Å²) < 4.78 is 0. The molecule has 0 amide bonds. The van der Waals surface area contributed by atoms with Crippen molar-refractivity contribution in [2.45, 2.75) is 46.5 Å². The molecule has 100 valence electrons. The number of rotatable bonds is 4. The lowest BCUT2D eigenvalue weighted by Gasteiger charge is -2.22. The fraction of sp³-hybridized carbons (Fsp3) is 0.562. The summed E-state index contributed by atoms with van der Waals surface area (Å²) in [7, 11) is 0. The number of carbonyl (C=O) groups is 1. The third kappa shape index (κ3) is 3.95. The SMILES string of the molecule is CC(C)(CN)CC(=O)c1ccc(C(C)(C)C)cc1. The third-order valence-corrected chi connectivity index (χ3v) is 3.26. The Bertz CT molecular complexity index is 410. The van der Waals surface area contributed by atoms with Gasteiger partial charge in [-0.1, -0.05) is 58.9 Å². The van der Waals surface area contributed by atoms with E-state index in [4.69, 9.17) is 5.73 Å². The molecule has 2 nitrogen and oxygen atoms in total. The molecular formula is C16H25NO. The lowest BCUT2D eigenvalue weighted by molar-refractivity contribution is 0.0935. The van der Waals surface area contributed by atoms with E-state index in [0.717, 1.165) is 5.56 Å². The Labute approximate surface area is 111 Å². The van der Waals surface area contributed by atoms with E-state index in [-0.39, 0.29) is 16.6 Å². The molecule has 18 heavy (non-hydrogen) atoms. The molecule has 0 bridgehead atoms. The van der Waals surface area contributed by atoms with E-state index in [1.165, 1.54) is 5.56 Å². The predicted molar refractivity (Wildman–Crippen MR) is 76.9 cm³/mol. The highest BCUT2D eigenvalue weighted by Gasteiger charge is 2.21. The standard InChI is InChI=1S/C16H25NO/c1-15(2,3)13-8-6-12(7-9-13)14(18)10-16(4,5)11-17/h6-9H,10-11,17H2,1-5H3. The highest BCUT2D eigenvalue weighted by Crippen LogP contribution is 2.24. The van der Waals surface area contributed by atoms with E-state index in [9.17, 15) is 4.79 Å². The Balaban J connectivity index is 2.83. The van der Waals surface area contributed by atoms with Gasteiger partial charge in [0.05, 0.1) is 0 Å². The molecule has 1 aromatic carbocycles. The van der Waals surface area contributed by atoms with Gasteiger partial charge in [0.2, 0.25) is 0 Å². The van der Waals surface area contributed by atoms with Crippen LogP contribution in [0.1, 0.15) is 57.0 Å². The van der Waals surface area contributed by atoms with Gasteiger partial charge < -0.3 is 5.73 Å². The molecule has 0 unspecified atom stereocenters. The second kappa shape index (κ2) is 5.23. The molecule has 0 atom stereocenters. The van der Waals surface area contributed by atoms with Crippen LogP contribution >= 0.6 is 0 Å². The van der Waals surface area contributed by atoms with Gasteiger partial charge in [-0.2, -0.15) is 0 Å². The van der Waals surface area contributed by atoms with Crippen LogP contribution in [0.2, 0.25) is 0 Å². The fourth-order valence-electron chi connectivity index (χ4n) is 1.76. The molecule has 0 fully saturated rings. The first-order valence-corrected chi connectivity index (χ1v) is 6.49. The topological polar surface area (TPSA) is 43.1 Å². The minimum atomic E-state index is -0.125. The summed E-state index contributed by atoms with van der Waals surface area (Å²) in [5, 5.41) is 0. The van der Waals surface area contributed by atoms with Crippen molar-refractivity contribution in [3.63, 3.8) is 0 Å². The molecule has 1 rings (SSSR count). The van der Waals surface area contributed by atoms with Gasteiger partial charge in [0.1, 0.15) is 0 Å². The van der Waals surface area contributed by atoms with E-state index >= 15 is 0 Å². The number of nitrogens with two attached hydrogens (primary N) is 1. The minimum absolute atomic E-state index is 0.123. The summed E-state index contributed by atoms with van der Waals surface area (Å²) in [6.45, 7) is 11.1. The van der Waals surface area contributed by atoms with Crippen LogP contribution in [-0.2, 0) is 5.41 Å². The quantitative estimate of drug-likeness (QED) is 0.827. The number of hydrogen-bond acceptors (Lipinski definition) is 2. The molecule has 0 aromatic heterocycles. The van der Waals surface area contributed by atoms with Crippen LogP contribution < -0.4 is 5.73 Å². The molecule has 0 saturated heterocycles. The van der Waals surface area contributed by atoms with E-state index in [2.05, 4.69) is 20.8 Å². The summed E-state index contributed by atoms with van der Waals surface area (Å²) in [5.74, 6) is 0.172. The molecule has 0 aliphatic heterocycles. The largest absolute Gasteiger partial charge is 0.330 e. The average molecular weight is 247 g/mol. The van der Waals surface area contributed by atoms with Gasteiger partial charge in [0, 0.05) is 12.0 Å². The Kier molecular flexibility index (Phi) is 4.33. The zero-order chi connectivity index (χ0) is 14.0. The second-order valence-electron chi connectivity index (χ2n) is 6.80.